The molecule has 1 atom stereocenters. The number of hydrogen-bond acceptors (Lipinski definition) is 3. The summed E-state index contributed by atoms with van der Waals surface area (Å²) in [5, 5.41) is 0. The Balaban J connectivity index is 4.09. The van der Waals surface area contributed by atoms with Gasteiger partial charge in [-0.3, -0.25) is 0 Å². The largest absolute Gasteiger partial charge is 0.350 e. The van der Waals surface area contributed by atoms with E-state index in [1.165, 1.54) is 0 Å². The SMILES string of the molecule is CCCC(CCN)CNS(=O)(=O)C(F)F. The first-order chi connectivity index (χ1) is 6.94. The number of sulfonamides is 1. The molecule has 4 nitrogen and oxygen atoms in total. The molecule has 3 N–H and O–H groups in total. The van der Waals surface area contributed by atoms with E-state index in [-0.39, 0.29) is 12.5 Å². The first kappa shape index (κ1) is 14.7. The molecular weight excluding hydrogens is 226 g/mol. The van der Waals surface area contributed by atoms with Gasteiger partial charge in [-0.1, -0.05) is 13.3 Å². The van der Waals surface area contributed by atoms with Crippen LogP contribution in [0, 0.1) is 5.92 Å². The molecule has 0 aliphatic rings. The lowest BCUT2D eigenvalue weighted by atomic mass is 10.0. The fourth-order valence-electron chi connectivity index (χ4n) is 1.29. The third-order valence-corrected chi connectivity index (χ3v) is 3.12. The third-order valence-electron chi connectivity index (χ3n) is 2.08. The molecule has 0 radical (unpaired) electrons. The van der Waals surface area contributed by atoms with Crippen molar-refractivity contribution in [3.05, 3.63) is 0 Å². The van der Waals surface area contributed by atoms with Crippen LogP contribution in [0.1, 0.15) is 26.2 Å². The fraction of sp³-hybridized carbons (Fsp3) is 1.00. The van der Waals surface area contributed by atoms with Crippen molar-refractivity contribution in [3.8, 4) is 0 Å². The van der Waals surface area contributed by atoms with Crippen LogP contribution in [-0.4, -0.2) is 27.3 Å². The van der Waals surface area contributed by atoms with Crippen LogP contribution in [0.4, 0.5) is 8.78 Å². The zero-order chi connectivity index (χ0) is 11.9. The van der Waals surface area contributed by atoms with E-state index in [1.54, 1.807) is 0 Å². The molecule has 0 heterocycles. The van der Waals surface area contributed by atoms with E-state index in [0.29, 0.717) is 13.0 Å². The highest BCUT2D eigenvalue weighted by atomic mass is 32.2. The topological polar surface area (TPSA) is 72.2 Å². The highest BCUT2D eigenvalue weighted by Gasteiger charge is 2.24. The summed E-state index contributed by atoms with van der Waals surface area (Å²) in [4.78, 5) is 0. The highest BCUT2D eigenvalue weighted by Crippen LogP contribution is 2.10. The highest BCUT2D eigenvalue weighted by molar-refractivity contribution is 7.89. The van der Waals surface area contributed by atoms with Crippen molar-refractivity contribution < 1.29 is 17.2 Å². The Morgan fingerprint density at radius 3 is 2.33 bits per heavy atom. The standard InChI is InChI=1S/C8H18F2N2O2S/c1-2-3-7(4-5-11)6-12-15(13,14)8(9)10/h7-8,12H,2-6,11H2,1H3. The van der Waals surface area contributed by atoms with Crippen LogP contribution in [0.15, 0.2) is 0 Å². The average molecular weight is 244 g/mol. The first-order valence-electron chi connectivity index (χ1n) is 4.90. The van der Waals surface area contributed by atoms with Gasteiger partial charge in [0.1, 0.15) is 0 Å². The maximum absolute atomic E-state index is 12.0. The predicted molar refractivity (Wildman–Crippen MR) is 55.0 cm³/mol. The Morgan fingerprint density at radius 2 is 1.93 bits per heavy atom. The van der Waals surface area contributed by atoms with Gasteiger partial charge < -0.3 is 5.73 Å². The molecule has 1 unspecified atom stereocenters. The molecule has 0 saturated carbocycles. The van der Waals surface area contributed by atoms with Crippen molar-refractivity contribution in [2.24, 2.45) is 11.7 Å². The lowest BCUT2D eigenvalue weighted by Gasteiger charge is -2.15. The summed E-state index contributed by atoms with van der Waals surface area (Å²) >= 11 is 0. The quantitative estimate of drug-likeness (QED) is 0.666. The van der Waals surface area contributed by atoms with E-state index in [9.17, 15) is 17.2 Å². The summed E-state index contributed by atoms with van der Waals surface area (Å²) in [5.41, 5.74) is 5.33. The Morgan fingerprint density at radius 1 is 1.33 bits per heavy atom. The molecule has 0 aliphatic carbocycles. The van der Waals surface area contributed by atoms with Gasteiger partial charge in [0.15, 0.2) is 0 Å². The van der Waals surface area contributed by atoms with Crippen LogP contribution < -0.4 is 10.5 Å². The van der Waals surface area contributed by atoms with Gasteiger partial charge in [-0.05, 0) is 25.3 Å². The van der Waals surface area contributed by atoms with Gasteiger partial charge in [0, 0.05) is 6.54 Å². The van der Waals surface area contributed by atoms with Crippen LogP contribution in [0.2, 0.25) is 0 Å². The zero-order valence-corrected chi connectivity index (χ0v) is 9.56. The molecule has 92 valence electrons. The van der Waals surface area contributed by atoms with Gasteiger partial charge in [-0.25, -0.2) is 13.1 Å². The van der Waals surface area contributed by atoms with Crippen molar-refractivity contribution >= 4 is 10.0 Å². The minimum atomic E-state index is -4.45. The smallest absolute Gasteiger partial charge is 0.330 e. The number of rotatable bonds is 8. The van der Waals surface area contributed by atoms with E-state index < -0.39 is 15.8 Å². The minimum absolute atomic E-state index is 0.0357. The number of nitrogens with two attached hydrogens (primary N) is 1. The molecule has 0 spiro atoms. The van der Waals surface area contributed by atoms with Crippen molar-refractivity contribution in [1.29, 1.82) is 0 Å². The molecule has 0 aromatic rings. The van der Waals surface area contributed by atoms with Gasteiger partial charge in [-0.15, -0.1) is 0 Å². The molecule has 0 bridgehead atoms. The Bertz CT molecular complexity index is 251. The summed E-state index contributed by atoms with van der Waals surface area (Å²) in [7, 11) is -4.45. The van der Waals surface area contributed by atoms with Crippen molar-refractivity contribution in [2.45, 2.75) is 31.9 Å². The second kappa shape index (κ2) is 7.08. The number of alkyl halides is 2. The van der Waals surface area contributed by atoms with Crippen molar-refractivity contribution in [1.82, 2.24) is 4.72 Å². The fourth-order valence-corrected chi connectivity index (χ4v) is 1.88. The molecule has 7 heteroatoms. The van der Waals surface area contributed by atoms with Gasteiger partial charge in [-0.2, -0.15) is 8.78 Å². The molecule has 0 fully saturated rings. The molecule has 0 rings (SSSR count). The van der Waals surface area contributed by atoms with E-state index in [1.807, 2.05) is 11.6 Å². The summed E-state index contributed by atoms with van der Waals surface area (Å²) in [6.45, 7) is 2.42. The van der Waals surface area contributed by atoms with E-state index in [0.717, 1.165) is 12.8 Å². The van der Waals surface area contributed by atoms with Crippen LogP contribution in [-0.2, 0) is 10.0 Å². The normalized spacial score (nSPS) is 14.5. The van der Waals surface area contributed by atoms with Gasteiger partial charge in [0.2, 0.25) is 0 Å². The Labute approximate surface area is 89.3 Å². The maximum atomic E-state index is 12.0. The number of halogens is 2. The lowest BCUT2D eigenvalue weighted by molar-refractivity contribution is 0.231. The molecule has 0 aromatic carbocycles. The lowest BCUT2D eigenvalue weighted by Crippen LogP contribution is -2.34. The molecule has 0 amide bonds. The Kier molecular flexibility index (Phi) is 6.95. The maximum Gasteiger partial charge on any atom is 0.350 e. The molecule has 15 heavy (non-hydrogen) atoms. The summed E-state index contributed by atoms with van der Waals surface area (Å²) in [5.74, 6) is -3.33. The van der Waals surface area contributed by atoms with Crippen molar-refractivity contribution in [3.63, 3.8) is 0 Å². The Hall–Kier alpha value is -0.270. The average Bonchev–Trinajstić information content (AvgIpc) is 2.15. The van der Waals surface area contributed by atoms with Crippen LogP contribution >= 0.6 is 0 Å². The third kappa shape index (κ3) is 6.01. The number of hydrogen-bond donors (Lipinski definition) is 2. The van der Waals surface area contributed by atoms with E-state index in [2.05, 4.69) is 0 Å². The van der Waals surface area contributed by atoms with Gasteiger partial charge in [0.25, 0.3) is 10.0 Å². The van der Waals surface area contributed by atoms with Crippen LogP contribution in [0.3, 0.4) is 0 Å². The minimum Gasteiger partial charge on any atom is -0.330 e. The molecule has 0 aliphatic heterocycles. The molecule has 0 aromatic heterocycles. The summed E-state index contributed by atoms with van der Waals surface area (Å²) < 4.78 is 47.3. The first-order valence-corrected chi connectivity index (χ1v) is 6.45. The van der Waals surface area contributed by atoms with Crippen molar-refractivity contribution in [2.75, 3.05) is 13.1 Å². The van der Waals surface area contributed by atoms with Crippen LogP contribution in [0.5, 0.6) is 0 Å². The zero-order valence-electron chi connectivity index (χ0n) is 8.75. The summed E-state index contributed by atoms with van der Waals surface area (Å²) in [6.07, 6.45) is 2.30. The van der Waals surface area contributed by atoms with Gasteiger partial charge in [0.05, 0.1) is 0 Å². The number of nitrogens with one attached hydrogen (secondary N) is 1. The second-order valence-corrected chi connectivity index (χ2v) is 5.12. The predicted octanol–water partition coefficient (Wildman–Crippen LogP) is 0.894. The van der Waals surface area contributed by atoms with E-state index >= 15 is 0 Å². The molecule has 0 saturated heterocycles. The van der Waals surface area contributed by atoms with E-state index in [4.69, 9.17) is 5.73 Å². The summed E-state index contributed by atoms with van der Waals surface area (Å²) in [6, 6.07) is 0. The molecular formula is C8H18F2N2O2S. The van der Waals surface area contributed by atoms with Gasteiger partial charge >= 0.3 is 5.76 Å². The second-order valence-electron chi connectivity index (χ2n) is 3.39. The van der Waals surface area contributed by atoms with Crippen LogP contribution in [0.25, 0.3) is 0 Å². The monoisotopic (exact) mass is 244 g/mol.